The molecule has 0 saturated heterocycles. The number of nitrogens with zero attached hydrogens (tertiary/aromatic N) is 1. The Morgan fingerprint density at radius 2 is 1.66 bits per heavy atom. The first-order valence-electron chi connectivity index (χ1n) is 10.7. The number of amides is 1. The van der Waals surface area contributed by atoms with Crippen LogP contribution in [0.4, 0.5) is 17.1 Å². The molecule has 0 radical (unpaired) electrons. The highest BCUT2D eigenvalue weighted by Gasteiger charge is 2.10. The Morgan fingerprint density at radius 1 is 1.00 bits per heavy atom. The van der Waals surface area contributed by atoms with Crippen LogP contribution in [0.1, 0.15) is 10.4 Å². The Kier molecular flexibility index (Phi) is 9.68. The summed E-state index contributed by atoms with van der Waals surface area (Å²) in [6.07, 6.45) is -0.722. The lowest BCUT2D eigenvalue weighted by molar-refractivity contribution is -0.384. The smallest absolute Gasteiger partial charge is 0.269 e. The van der Waals surface area contributed by atoms with Crippen molar-refractivity contribution in [2.24, 2.45) is 0 Å². The zero-order valence-electron chi connectivity index (χ0n) is 18.5. The summed E-state index contributed by atoms with van der Waals surface area (Å²) in [6, 6.07) is 17.3. The van der Waals surface area contributed by atoms with Crippen LogP contribution < -0.4 is 20.7 Å². The first-order chi connectivity index (χ1) is 16.8. The van der Waals surface area contributed by atoms with Crippen molar-refractivity contribution in [3.8, 4) is 5.75 Å². The van der Waals surface area contributed by atoms with Crippen LogP contribution in [0.15, 0.2) is 66.7 Å². The van der Waals surface area contributed by atoms with Gasteiger partial charge in [0.2, 0.25) is 0 Å². The lowest BCUT2D eigenvalue weighted by atomic mass is 10.2. The van der Waals surface area contributed by atoms with Crippen molar-refractivity contribution in [3.05, 3.63) is 92.5 Å². The largest absolute Gasteiger partial charge is 0.491 e. The molecule has 3 aromatic rings. The Balaban J connectivity index is 1.35. The SMILES string of the molecule is O=C(Nc1ccc(OCC(O)CNCCNc2c(Cl)cccc2Cl)cc1)c1ccc([N+](=O)[O-])cc1. The molecule has 0 bridgehead atoms. The average molecular weight is 519 g/mol. The summed E-state index contributed by atoms with van der Waals surface area (Å²) in [6.45, 7) is 1.58. The van der Waals surface area contributed by atoms with Gasteiger partial charge in [0.25, 0.3) is 11.6 Å². The van der Waals surface area contributed by atoms with Crippen molar-refractivity contribution in [2.45, 2.75) is 6.10 Å². The second-order valence-electron chi connectivity index (χ2n) is 7.47. The number of benzene rings is 3. The van der Waals surface area contributed by atoms with Gasteiger partial charge in [0, 0.05) is 43.0 Å². The van der Waals surface area contributed by atoms with Crippen LogP contribution >= 0.6 is 23.2 Å². The third-order valence-electron chi connectivity index (χ3n) is 4.84. The molecule has 184 valence electrons. The molecular weight excluding hydrogens is 495 g/mol. The van der Waals surface area contributed by atoms with Gasteiger partial charge in [-0.3, -0.25) is 14.9 Å². The molecular formula is C24H24Cl2N4O5. The molecule has 0 fully saturated rings. The van der Waals surface area contributed by atoms with E-state index in [0.29, 0.717) is 52.4 Å². The van der Waals surface area contributed by atoms with Gasteiger partial charge >= 0.3 is 0 Å². The van der Waals surface area contributed by atoms with E-state index in [2.05, 4.69) is 16.0 Å². The standard InChI is InChI=1S/C24H24Cl2N4O5/c25-21-2-1-3-22(26)23(21)28-13-12-27-14-19(31)15-35-20-10-6-17(7-11-20)29-24(32)16-4-8-18(9-5-16)30(33)34/h1-11,19,27-28,31H,12-15H2,(H,29,32). The summed E-state index contributed by atoms with van der Waals surface area (Å²) in [5, 5.41) is 30.9. The highest BCUT2D eigenvalue weighted by Crippen LogP contribution is 2.29. The summed E-state index contributed by atoms with van der Waals surface area (Å²) < 4.78 is 5.59. The van der Waals surface area contributed by atoms with Crippen molar-refractivity contribution in [1.82, 2.24) is 5.32 Å². The predicted octanol–water partition coefficient (Wildman–Crippen LogP) is 4.60. The van der Waals surface area contributed by atoms with Gasteiger partial charge < -0.3 is 25.8 Å². The van der Waals surface area contributed by atoms with Gasteiger partial charge in [0.05, 0.1) is 20.7 Å². The number of hydrogen-bond donors (Lipinski definition) is 4. The Hall–Kier alpha value is -3.37. The van der Waals surface area contributed by atoms with E-state index < -0.39 is 11.0 Å². The van der Waals surface area contributed by atoms with E-state index in [1.807, 2.05) is 0 Å². The van der Waals surface area contributed by atoms with Gasteiger partial charge in [0.15, 0.2) is 0 Å². The van der Waals surface area contributed by atoms with E-state index in [0.717, 1.165) is 0 Å². The Morgan fingerprint density at radius 3 is 2.29 bits per heavy atom. The molecule has 1 atom stereocenters. The van der Waals surface area contributed by atoms with Gasteiger partial charge in [0.1, 0.15) is 18.5 Å². The van der Waals surface area contributed by atoms with E-state index in [1.165, 1.54) is 24.3 Å². The third kappa shape index (κ3) is 8.11. The number of carbonyl (C=O) groups is 1. The molecule has 3 rings (SSSR count). The summed E-state index contributed by atoms with van der Waals surface area (Å²) in [5.41, 5.74) is 1.43. The number of rotatable bonds is 12. The Labute approximate surface area is 212 Å². The fraction of sp³-hybridized carbons (Fsp3) is 0.208. The van der Waals surface area contributed by atoms with Crippen molar-refractivity contribution in [1.29, 1.82) is 0 Å². The summed E-state index contributed by atoms with van der Waals surface area (Å²) >= 11 is 12.2. The average Bonchev–Trinajstić information content (AvgIpc) is 2.85. The van der Waals surface area contributed by atoms with Crippen molar-refractivity contribution >= 4 is 46.2 Å². The van der Waals surface area contributed by atoms with Gasteiger partial charge in [-0.25, -0.2) is 0 Å². The molecule has 35 heavy (non-hydrogen) atoms. The van der Waals surface area contributed by atoms with Gasteiger partial charge in [-0.05, 0) is 48.5 Å². The number of ether oxygens (including phenoxy) is 1. The first-order valence-corrected chi connectivity index (χ1v) is 11.4. The molecule has 0 aliphatic heterocycles. The van der Waals surface area contributed by atoms with E-state index in [4.69, 9.17) is 27.9 Å². The lowest BCUT2D eigenvalue weighted by Crippen LogP contribution is -2.34. The second kappa shape index (κ2) is 12.9. The van der Waals surface area contributed by atoms with E-state index in [9.17, 15) is 20.0 Å². The summed E-state index contributed by atoms with van der Waals surface area (Å²) in [5.74, 6) is 0.147. The van der Waals surface area contributed by atoms with Crippen molar-refractivity contribution < 1.29 is 19.6 Å². The summed E-state index contributed by atoms with van der Waals surface area (Å²) in [7, 11) is 0. The van der Waals surface area contributed by atoms with Crippen LogP contribution in [0.2, 0.25) is 10.0 Å². The monoisotopic (exact) mass is 518 g/mol. The highest BCUT2D eigenvalue weighted by molar-refractivity contribution is 6.39. The van der Waals surface area contributed by atoms with Gasteiger partial charge in [-0.2, -0.15) is 0 Å². The molecule has 11 heteroatoms. The zero-order chi connectivity index (χ0) is 25.2. The van der Waals surface area contributed by atoms with E-state index in [1.54, 1.807) is 42.5 Å². The number of nitro benzene ring substituents is 1. The number of aliphatic hydroxyl groups is 1. The number of anilines is 2. The summed E-state index contributed by atoms with van der Waals surface area (Å²) in [4.78, 5) is 22.5. The van der Waals surface area contributed by atoms with Crippen LogP contribution in [0, 0.1) is 10.1 Å². The molecule has 0 aliphatic rings. The number of para-hydroxylation sites is 1. The minimum absolute atomic E-state index is 0.0842. The number of halogens is 2. The van der Waals surface area contributed by atoms with Crippen LogP contribution in [0.25, 0.3) is 0 Å². The van der Waals surface area contributed by atoms with Crippen molar-refractivity contribution in [2.75, 3.05) is 36.9 Å². The molecule has 4 N–H and O–H groups in total. The number of nitrogens with one attached hydrogen (secondary N) is 3. The number of carbonyl (C=O) groups excluding carboxylic acids is 1. The number of nitro groups is 1. The maximum atomic E-state index is 12.3. The molecule has 9 nitrogen and oxygen atoms in total. The van der Waals surface area contributed by atoms with E-state index in [-0.39, 0.29) is 18.2 Å². The first kappa shape index (κ1) is 26.2. The number of non-ortho nitro benzene ring substituents is 1. The third-order valence-corrected chi connectivity index (χ3v) is 5.47. The van der Waals surface area contributed by atoms with Crippen molar-refractivity contribution in [3.63, 3.8) is 0 Å². The van der Waals surface area contributed by atoms with Gasteiger partial charge in [-0.1, -0.05) is 29.3 Å². The normalized spacial score (nSPS) is 11.5. The molecule has 0 saturated carbocycles. The van der Waals surface area contributed by atoms with Crippen LogP contribution in [0.5, 0.6) is 5.75 Å². The molecule has 0 aromatic heterocycles. The maximum absolute atomic E-state index is 12.3. The fourth-order valence-electron chi connectivity index (χ4n) is 3.03. The zero-order valence-corrected chi connectivity index (χ0v) is 20.1. The van der Waals surface area contributed by atoms with Crippen LogP contribution in [-0.2, 0) is 0 Å². The minimum atomic E-state index is -0.722. The maximum Gasteiger partial charge on any atom is 0.269 e. The molecule has 3 aromatic carbocycles. The lowest BCUT2D eigenvalue weighted by Gasteiger charge is -2.15. The second-order valence-corrected chi connectivity index (χ2v) is 8.29. The van der Waals surface area contributed by atoms with E-state index >= 15 is 0 Å². The molecule has 1 unspecified atom stereocenters. The molecule has 0 heterocycles. The molecule has 0 spiro atoms. The quantitative estimate of drug-likeness (QED) is 0.157. The Bertz CT molecular complexity index is 1120. The minimum Gasteiger partial charge on any atom is -0.491 e. The number of aliphatic hydroxyl groups excluding tert-OH is 1. The topological polar surface area (TPSA) is 126 Å². The van der Waals surface area contributed by atoms with Crippen LogP contribution in [-0.4, -0.2) is 48.3 Å². The molecule has 1 amide bonds. The molecule has 0 aliphatic carbocycles. The van der Waals surface area contributed by atoms with Gasteiger partial charge in [-0.15, -0.1) is 0 Å². The predicted molar refractivity (Wildman–Crippen MR) is 137 cm³/mol. The number of hydrogen-bond acceptors (Lipinski definition) is 7. The highest BCUT2D eigenvalue weighted by atomic mass is 35.5. The van der Waals surface area contributed by atoms with Crippen LogP contribution in [0.3, 0.4) is 0 Å². The fourth-order valence-corrected chi connectivity index (χ4v) is 3.57.